The molecule has 7 heteroatoms. The first-order valence-corrected chi connectivity index (χ1v) is 7.84. The molecule has 130 valence electrons. The third kappa shape index (κ3) is 3.40. The average molecular weight is 340 g/mol. The fourth-order valence-electron chi connectivity index (χ4n) is 2.75. The zero-order chi connectivity index (χ0) is 18.0. The van der Waals surface area contributed by atoms with Crippen LogP contribution in [-0.2, 0) is 18.3 Å². The third-order valence-corrected chi connectivity index (χ3v) is 4.17. The SMILES string of the molecule is COc1cccc(CC(C)(Nc2ccc3cnn(C)c3c2)C(=O)O)n1. The number of aryl methyl sites for hydroxylation is 1. The Balaban J connectivity index is 1.90. The fourth-order valence-corrected chi connectivity index (χ4v) is 2.75. The van der Waals surface area contributed by atoms with Crippen LogP contribution in [0.25, 0.3) is 10.9 Å². The first kappa shape index (κ1) is 16.8. The third-order valence-electron chi connectivity index (χ3n) is 4.17. The highest BCUT2D eigenvalue weighted by atomic mass is 16.5. The monoisotopic (exact) mass is 340 g/mol. The van der Waals surface area contributed by atoms with Gasteiger partial charge in [0.15, 0.2) is 0 Å². The van der Waals surface area contributed by atoms with Gasteiger partial charge in [0, 0.05) is 36.3 Å². The maximum absolute atomic E-state index is 11.9. The van der Waals surface area contributed by atoms with E-state index in [1.54, 1.807) is 36.0 Å². The van der Waals surface area contributed by atoms with Crippen LogP contribution in [0.1, 0.15) is 12.6 Å². The van der Waals surface area contributed by atoms with Crippen LogP contribution in [-0.4, -0.2) is 38.5 Å². The van der Waals surface area contributed by atoms with Gasteiger partial charge in [0.2, 0.25) is 5.88 Å². The van der Waals surface area contributed by atoms with Crippen LogP contribution in [0.4, 0.5) is 5.69 Å². The summed E-state index contributed by atoms with van der Waals surface area (Å²) in [4.78, 5) is 16.2. The number of hydrogen-bond acceptors (Lipinski definition) is 5. The molecule has 0 saturated carbocycles. The Morgan fingerprint density at radius 3 is 2.88 bits per heavy atom. The number of hydrogen-bond donors (Lipinski definition) is 2. The smallest absolute Gasteiger partial charge is 0.329 e. The number of fused-ring (bicyclic) bond motifs is 1. The van der Waals surface area contributed by atoms with Crippen LogP contribution in [0.3, 0.4) is 0 Å². The summed E-state index contributed by atoms with van der Waals surface area (Å²) in [5.41, 5.74) is 1.06. The van der Waals surface area contributed by atoms with Crippen molar-refractivity contribution in [2.24, 2.45) is 7.05 Å². The maximum atomic E-state index is 11.9. The summed E-state index contributed by atoms with van der Waals surface area (Å²) >= 11 is 0. The predicted molar refractivity (Wildman–Crippen MR) is 94.9 cm³/mol. The lowest BCUT2D eigenvalue weighted by Crippen LogP contribution is -2.45. The molecule has 0 fully saturated rings. The topological polar surface area (TPSA) is 89.3 Å². The number of carboxylic acids is 1. The van der Waals surface area contributed by atoms with E-state index in [1.807, 2.05) is 25.2 Å². The number of nitrogens with one attached hydrogen (secondary N) is 1. The van der Waals surface area contributed by atoms with Crippen LogP contribution in [0.15, 0.2) is 42.6 Å². The van der Waals surface area contributed by atoms with E-state index < -0.39 is 11.5 Å². The first-order valence-electron chi connectivity index (χ1n) is 7.84. The molecule has 2 aromatic heterocycles. The van der Waals surface area contributed by atoms with Crippen molar-refractivity contribution < 1.29 is 14.6 Å². The van der Waals surface area contributed by atoms with E-state index in [4.69, 9.17) is 4.74 Å². The normalized spacial score (nSPS) is 13.4. The summed E-state index contributed by atoms with van der Waals surface area (Å²) in [7, 11) is 3.38. The molecule has 0 bridgehead atoms. The van der Waals surface area contributed by atoms with Gasteiger partial charge in [0.25, 0.3) is 0 Å². The quantitative estimate of drug-likeness (QED) is 0.716. The highest BCUT2D eigenvalue weighted by molar-refractivity contribution is 5.86. The second-order valence-corrected chi connectivity index (χ2v) is 6.15. The van der Waals surface area contributed by atoms with Gasteiger partial charge in [-0.2, -0.15) is 5.10 Å². The van der Waals surface area contributed by atoms with Gasteiger partial charge >= 0.3 is 5.97 Å². The van der Waals surface area contributed by atoms with Crippen LogP contribution in [0.5, 0.6) is 5.88 Å². The summed E-state index contributed by atoms with van der Waals surface area (Å²) in [6, 6.07) is 11.0. The largest absolute Gasteiger partial charge is 0.481 e. The summed E-state index contributed by atoms with van der Waals surface area (Å²) in [5.74, 6) is -0.497. The molecule has 3 aromatic rings. The number of carboxylic acid groups (broad SMARTS) is 1. The molecule has 0 saturated heterocycles. The fraction of sp³-hybridized carbons (Fsp3) is 0.278. The van der Waals surface area contributed by atoms with E-state index in [0.717, 1.165) is 10.9 Å². The highest BCUT2D eigenvalue weighted by Crippen LogP contribution is 2.24. The minimum Gasteiger partial charge on any atom is -0.481 e. The molecule has 2 N–H and O–H groups in total. The van der Waals surface area contributed by atoms with E-state index in [0.29, 0.717) is 17.3 Å². The first-order chi connectivity index (χ1) is 11.9. The molecule has 0 aliphatic carbocycles. The molecule has 0 aliphatic rings. The number of rotatable bonds is 6. The van der Waals surface area contributed by atoms with Gasteiger partial charge < -0.3 is 15.2 Å². The molecule has 7 nitrogen and oxygen atoms in total. The van der Waals surface area contributed by atoms with Gasteiger partial charge in [-0.3, -0.25) is 4.68 Å². The van der Waals surface area contributed by atoms with Crippen LogP contribution in [0, 0.1) is 0 Å². The van der Waals surface area contributed by atoms with E-state index in [1.165, 1.54) is 7.11 Å². The number of benzene rings is 1. The Kier molecular flexibility index (Phi) is 4.31. The van der Waals surface area contributed by atoms with Gasteiger partial charge in [0.1, 0.15) is 5.54 Å². The maximum Gasteiger partial charge on any atom is 0.329 e. The summed E-state index contributed by atoms with van der Waals surface area (Å²) in [6.45, 7) is 1.64. The summed E-state index contributed by atoms with van der Waals surface area (Å²) < 4.78 is 6.86. The lowest BCUT2D eigenvalue weighted by atomic mass is 9.95. The number of nitrogens with zero attached hydrogens (tertiary/aromatic N) is 3. The second-order valence-electron chi connectivity index (χ2n) is 6.15. The Morgan fingerprint density at radius 1 is 1.36 bits per heavy atom. The van der Waals surface area contributed by atoms with Gasteiger partial charge in [-0.05, 0) is 31.2 Å². The Labute approximate surface area is 145 Å². The van der Waals surface area contributed by atoms with E-state index in [9.17, 15) is 9.90 Å². The summed E-state index contributed by atoms with van der Waals surface area (Å²) in [6.07, 6.45) is 1.98. The minimum atomic E-state index is -1.22. The molecular formula is C18H20N4O3. The molecule has 25 heavy (non-hydrogen) atoms. The molecule has 0 radical (unpaired) electrons. The zero-order valence-corrected chi connectivity index (χ0v) is 14.4. The van der Waals surface area contributed by atoms with Crippen molar-refractivity contribution in [3.63, 3.8) is 0 Å². The molecule has 0 amide bonds. The van der Waals surface area contributed by atoms with E-state index in [-0.39, 0.29) is 6.42 Å². The second kappa shape index (κ2) is 6.43. The lowest BCUT2D eigenvalue weighted by molar-refractivity contribution is -0.141. The molecule has 3 rings (SSSR count). The highest BCUT2D eigenvalue weighted by Gasteiger charge is 2.34. The number of aliphatic carboxylic acids is 1. The Hall–Kier alpha value is -3.09. The van der Waals surface area contributed by atoms with Crippen molar-refractivity contribution in [1.82, 2.24) is 14.8 Å². The molecular weight excluding hydrogens is 320 g/mol. The van der Waals surface area contributed by atoms with Crippen molar-refractivity contribution in [3.05, 3.63) is 48.3 Å². The van der Waals surface area contributed by atoms with Crippen molar-refractivity contribution in [2.45, 2.75) is 18.9 Å². The average Bonchev–Trinajstić information content (AvgIpc) is 2.95. The lowest BCUT2D eigenvalue weighted by Gasteiger charge is -2.27. The molecule has 0 spiro atoms. The Bertz CT molecular complexity index is 922. The zero-order valence-electron chi connectivity index (χ0n) is 14.4. The molecule has 2 heterocycles. The number of pyridine rings is 1. The molecule has 1 unspecified atom stereocenters. The van der Waals surface area contributed by atoms with E-state index >= 15 is 0 Å². The van der Waals surface area contributed by atoms with E-state index in [2.05, 4.69) is 15.4 Å². The van der Waals surface area contributed by atoms with Crippen molar-refractivity contribution in [2.75, 3.05) is 12.4 Å². The van der Waals surface area contributed by atoms with Crippen LogP contribution in [0.2, 0.25) is 0 Å². The number of methoxy groups -OCH3 is 1. The predicted octanol–water partition coefficient (Wildman–Crippen LogP) is 2.47. The van der Waals surface area contributed by atoms with Crippen molar-refractivity contribution in [1.29, 1.82) is 0 Å². The molecule has 1 atom stereocenters. The number of anilines is 1. The van der Waals surface area contributed by atoms with Crippen molar-refractivity contribution >= 4 is 22.6 Å². The molecule has 1 aromatic carbocycles. The number of ether oxygens (including phenoxy) is 1. The van der Waals surface area contributed by atoms with Crippen LogP contribution < -0.4 is 10.1 Å². The minimum absolute atomic E-state index is 0.211. The summed E-state index contributed by atoms with van der Waals surface area (Å²) in [5, 5.41) is 18.1. The van der Waals surface area contributed by atoms with Gasteiger partial charge in [-0.25, -0.2) is 9.78 Å². The van der Waals surface area contributed by atoms with Gasteiger partial charge in [-0.15, -0.1) is 0 Å². The standard InChI is InChI=1S/C18H20N4O3/c1-18(17(23)24,10-14-5-4-6-16(20-14)25-3)21-13-8-7-12-11-19-22(2)15(12)9-13/h4-9,11,21H,10H2,1-3H3,(H,23,24). The number of carbonyl (C=O) groups is 1. The molecule has 0 aliphatic heterocycles. The van der Waals surface area contributed by atoms with Crippen LogP contribution >= 0.6 is 0 Å². The van der Waals surface area contributed by atoms with Gasteiger partial charge in [0.05, 0.1) is 18.8 Å². The number of aromatic nitrogens is 3. The van der Waals surface area contributed by atoms with Gasteiger partial charge in [-0.1, -0.05) is 6.07 Å². The van der Waals surface area contributed by atoms with Crippen molar-refractivity contribution in [3.8, 4) is 5.88 Å². The Morgan fingerprint density at radius 2 is 2.16 bits per heavy atom.